The molecule has 0 saturated carbocycles. The first-order valence-electron chi connectivity index (χ1n) is 5.88. The third kappa shape index (κ3) is 6.23. The number of hydrogen-bond donors (Lipinski definition) is 0. The predicted octanol–water partition coefficient (Wildman–Crippen LogP) is 3.19. The van der Waals surface area contributed by atoms with Gasteiger partial charge in [0, 0.05) is 12.0 Å². The van der Waals surface area contributed by atoms with E-state index in [1.165, 1.54) is 0 Å². The Kier molecular flexibility index (Phi) is 6.30. The van der Waals surface area contributed by atoms with Gasteiger partial charge in [0.1, 0.15) is 0 Å². The van der Waals surface area contributed by atoms with Crippen LogP contribution in [0.4, 0.5) is 0 Å². The van der Waals surface area contributed by atoms with Crippen molar-refractivity contribution in [1.29, 1.82) is 0 Å². The van der Waals surface area contributed by atoms with Gasteiger partial charge in [-0.15, -0.1) is 0 Å². The first-order valence-corrected chi connectivity index (χ1v) is 5.88. The number of carbonyl (C=O) groups is 1. The Balaban J connectivity index is 2.38. The lowest BCUT2D eigenvalue weighted by atomic mass is 10.2. The molecule has 0 aromatic heterocycles. The van der Waals surface area contributed by atoms with E-state index in [1.807, 2.05) is 30.3 Å². The third-order valence-corrected chi connectivity index (χ3v) is 2.14. The maximum atomic E-state index is 11.3. The summed E-state index contributed by atoms with van der Waals surface area (Å²) in [6.07, 6.45) is 3.18. The Hall–Kier alpha value is -1.99. The molecule has 0 bridgehead atoms. The molecule has 86 valence electrons. The van der Waals surface area contributed by atoms with E-state index in [-0.39, 0.29) is 12.2 Å². The maximum Gasteiger partial charge on any atom is 0.217 e. The van der Waals surface area contributed by atoms with Crippen molar-refractivity contribution in [3.8, 4) is 23.7 Å². The fraction of sp³-hybridized carbons (Fsp3) is 0.312. The molecule has 0 N–H and O–H groups in total. The zero-order valence-electron chi connectivity index (χ0n) is 10.1. The minimum Gasteiger partial charge on any atom is -0.284 e. The Labute approximate surface area is 103 Å². The highest BCUT2D eigenvalue weighted by atomic mass is 16.1. The molecule has 0 aliphatic rings. The van der Waals surface area contributed by atoms with Gasteiger partial charge < -0.3 is 0 Å². The van der Waals surface area contributed by atoms with Crippen molar-refractivity contribution in [2.45, 2.75) is 32.6 Å². The molecule has 0 atom stereocenters. The first-order chi connectivity index (χ1) is 8.33. The van der Waals surface area contributed by atoms with Crippen LogP contribution in [0.5, 0.6) is 0 Å². The van der Waals surface area contributed by atoms with Gasteiger partial charge in [-0.2, -0.15) is 0 Å². The van der Waals surface area contributed by atoms with Crippen molar-refractivity contribution in [3.63, 3.8) is 0 Å². The topological polar surface area (TPSA) is 17.1 Å². The number of unbranched alkanes of at least 4 members (excludes halogenated alkanes) is 2. The van der Waals surface area contributed by atoms with Gasteiger partial charge in [0.2, 0.25) is 5.78 Å². The predicted molar refractivity (Wildman–Crippen MR) is 70.2 cm³/mol. The standard InChI is InChI=1S/C16H16O/c1-2-3-4-8-13-16(17)14-9-12-15-10-6-5-7-11-15/h5-7,10-11H,2-4,14H2,1H3. The monoisotopic (exact) mass is 224 g/mol. The van der Waals surface area contributed by atoms with Crippen molar-refractivity contribution in [2.24, 2.45) is 0 Å². The maximum absolute atomic E-state index is 11.3. The van der Waals surface area contributed by atoms with Crippen molar-refractivity contribution in [3.05, 3.63) is 35.9 Å². The van der Waals surface area contributed by atoms with Crippen LogP contribution in [0.1, 0.15) is 38.2 Å². The van der Waals surface area contributed by atoms with Crippen molar-refractivity contribution < 1.29 is 4.79 Å². The number of Topliss-reactive ketones (excluding diaryl/α,β-unsaturated/α-hetero) is 1. The molecule has 0 heterocycles. The van der Waals surface area contributed by atoms with E-state index < -0.39 is 0 Å². The average molecular weight is 224 g/mol. The van der Waals surface area contributed by atoms with Gasteiger partial charge in [-0.1, -0.05) is 49.3 Å². The Morgan fingerprint density at radius 2 is 1.94 bits per heavy atom. The Morgan fingerprint density at radius 1 is 1.18 bits per heavy atom. The van der Waals surface area contributed by atoms with Gasteiger partial charge in [-0.3, -0.25) is 4.79 Å². The number of ketones is 1. The van der Waals surface area contributed by atoms with E-state index in [0.29, 0.717) is 0 Å². The summed E-state index contributed by atoms with van der Waals surface area (Å²) in [6.45, 7) is 2.11. The molecule has 1 aromatic rings. The normalized spacial score (nSPS) is 8.53. The molecule has 1 heteroatoms. The molecule has 0 aliphatic heterocycles. The highest BCUT2D eigenvalue weighted by molar-refractivity contribution is 5.97. The Morgan fingerprint density at radius 3 is 2.65 bits per heavy atom. The molecule has 1 nitrogen and oxygen atoms in total. The molecule has 0 fully saturated rings. The third-order valence-electron chi connectivity index (χ3n) is 2.14. The smallest absolute Gasteiger partial charge is 0.217 e. The molecule has 0 radical (unpaired) electrons. The van der Waals surface area contributed by atoms with E-state index in [9.17, 15) is 4.79 Å². The molecule has 17 heavy (non-hydrogen) atoms. The van der Waals surface area contributed by atoms with E-state index >= 15 is 0 Å². The van der Waals surface area contributed by atoms with E-state index in [4.69, 9.17) is 0 Å². The molecule has 1 rings (SSSR count). The van der Waals surface area contributed by atoms with Crippen LogP contribution < -0.4 is 0 Å². The molecule has 0 spiro atoms. The molecule has 0 unspecified atom stereocenters. The van der Waals surface area contributed by atoms with Gasteiger partial charge in [-0.05, 0) is 24.5 Å². The van der Waals surface area contributed by atoms with Gasteiger partial charge in [0.25, 0.3) is 0 Å². The second-order valence-electron chi connectivity index (χ2n) is 3.67. The number of hydrogen-bond acceptors (Lipinski definition) is 1. The minimum atomic E-state index is -0.0930. The SMILES string of the molecule is CCCCC#CC(=O)CC#Cc1ccccc1. The van der Waals surface area contributed by atoms with Crippen LogP contribution in [0, 0.1) is 23.7 Å². The van der Waals surface area contributed by atoms with E-state index in [1.54, 1.807) is 0 Å². The lowest BCUT2D eigenvalue weighted by molar-refractivity contribution is -0.112. The summed E-state index contributed by atoms with van der Waals surface area (Å²) in [5.41, 5.74) is 0.930. The molecular formula is C16H16O. The van der Waals surface area contributed by atoms with Crippen molar-refractivity contribution in [1.82, 2.24) is 0 Å². The van der Waals surface area contributed by atoms with E-state index in [0.717, 1.165) is 24.8 Å². The summed E-state index contributed by atoms with van der Waals surface area (Å²) >= 11 is 0. The van der Waals surface area contributed by atoms with Gasteiger partial charge in [-0.25, -0.2) is 0 Å². The summed E-state index contributed by atoms with van der Waals surface area (Å²) in [4.78, 5) is 11.3. The molecule has 0 aliphatic carbocycles. The van der Waals surface area contributed by atoms with Gasteiger partial charge >= 0.3 is 0 Å². The van der Waals surface area contributed by atoms with Crippen LogP contribution in [0.2, 0.25) is 0 Å². The van der Waals surface area contributed by atoms with Crippen LogP contribution in [0.3, 0.4) is 0 Å². The largest absolute Gasteiger partial charge is 0.284 e. The Bertz CT molecular complexity index is 463. The van der Waals surface area contributed by atoms with Gasteiger partial charge in [0.05, 0.1) is 6.42 Å². The first kappa shape index (κ1) is 13.1. The zero-order chi connectivity index (χ0) is 12.3. The second kappa shape index (κ2) is 8.20. The fourth-order valence-corrected chi connectivity index (χ4v) is 1.22. The highest BCUT2D eigenvalue weighted by Crippen LogP contribution is 1.95. The summed E-state index contributed by atoms with van der Waals surface area (Å²) in [5, 5.41) is 0. The van der Waals surface area contributed by atoms with Crippen molar-refractivity contribution in [2.75, 3.05) is 0 Å². The van der Waals surface area contributed by atoms with Crippen LogP contribution in [0.15, 0.2) is 30.3 Å². The van der Waals surface area contributed by atoms with E-state index in [2.05, 4.69) is 30.6 Å². The van der Waals surface area contributed by atoms with Crippen LogP contribution >= 0.6 is 0 Å². The second-order valence-corrected chi connectivity index (χ2v) is 3.67. The minimum absolute atomic E-state index is 0.0930. The summed E-state index contributed by atoms with van der Waals surface area (Å²) in [5.74, 6) is 11.2. The highest BCUT2D eigenvalue weighted by Gasteiger charge is 1.91. The number of benzene rings is 1. The van der Waals surface area contributed by atoms with Crippen molar-refractivity contribution >= 4 is 5.78 Å². The van der Waals surface area contributed by atoms with Gasteiger partial charge in [0.15, 0.2) is 0 Å². The molecule has 0 saturated heterocycles. The quantitative estimate of drug-likeness (QED) is 0.438. The zero-order valence-corrected chi connectivity index (χ0v) is 10.1. The number of carbonyl (C=O) groups excluding carboxylic acids is 1. The van der Waals surface area contributed by atoms with Crippen LogP contribution in [0.25, 0.3) is 0 Å². The fourth-order valence-electron chi connectivity index (χ4n) is 1.22. The lowest BCUT2D eigenvalue weighted by Crippen LogP contribution is -1.90. The summed E-state index contributed by atoms with van der Waals surface area (Å²) in [7, 11) is 0. The van der Waals surface area contributed by atoms with Crippen LogP contribution in [-0.4, -0.2) is 5.78 Å². The average Bonchev–Trinajstić information content (AvgIpc) is 2.36. The van der Waals surface area contributed by atoms with Crippen LogP contribution in [-0.2, 0) is 4.79 Å². The molecule has 0 amide bonds. The molecular weight excluding hydrogens is 208 g/mol. The summed E-state index contributed by atoms with van der Waals surface area (Å²) in [6, 6.07) is 9.64. The summed E-state index contributed by atoms with van der Waals surface area (Å²) < 4.78 is 0. The molecule has 1 aromatic carbocycles. The number of rotatable bonds is 3. The lowest BCUT2D eigenvalue weighted by Gasteiger charge is -1.86.